The second-order valence-corrected chi connectivity index (χ2v) is 9.78. The molecule has 0 aliphatic heterocycles. The summed E-state index contributed by atoms with van der Waals surface area (Å²) in [7, 11) is -0.865. The number of sulfonamides is 1. The lowest BCUT2D eigenvalue weighted by molar-refractivity contribution is -0.119. The average Bonchev–Trinajstić information content (AvgIpc) is 2.83. The third-order valence-electron chi connectivity index (χ3n) is 5.02. The van der Waals surface area contributed by atoms with Crippen LogP contribution in [0, 0.1) is 6.92 Å². The van der Waals surface area contributed by atoms with Gasteiger partial charge in [-0.25, -0.2) is 17.5 Å². The summed E-state index contributed by atoms with van der Waals surface area (Å²) in [5.41, 5.74) is 1.54. The number of hydrogen-bond donors (Lipinski definition) is 1. The first-order chi connectivity index (χ1) is 16.1. The first kappa shape index (κ1) is 24.8. The number of nitrogens with one attached hydrogen (secondary N) is 1. The van der Waals surface area contributed by atoms with E-state index in [2.05, 4.69) is 5.32 Å². The molecule has 0 aliphatic rings. The standard InChI is InChI=1S/C25H24N2O6S/c1-17-13-14-19(34(31,32)27(2)3)15-22(17)26-23(28)16-33-25(30)21-12-8-7-11-20(21)24(29)18-9-5-4-6-10-18/h4-15H,16H2,1-3H3,(H,26,28). The van der Waals surface area contributed by atoms with Crippen LogP contribution in [0.2, 0.25) is 0 Å². The Hall–Kier alpha value is -3.82. The number of ether oxygens (including phenoxy) is 1. The van der Waals surface area contributed by atoms with Crippen molar-refractivity contribution >= 4 is 33.4 Å². The maximum atomic E-state index is 12.8. The Morgan fingerprint density at radius 3 is 2.15 bits per heavy atom. The minimum absolute atomic E-state index is 0.0174. The van der Waals surface area contributed by atoms with Gasteiger partial charge in [-0.3, -0.25) is 9.59 Å². The van der Waals surface area contributed by atoms with E-state index in [1.54, 1.807) is 55.5 Å². The third-order valence-corrected chi connectivity index (χ3v) is 6.83. The molecule has 176 valence electrons. The van der Waals surface area contributed by atoms with Gasteiger partial charge in [0.25, 0.3) is 5.91 Å². The second-order valence-electron chi connectivity index (χ2n) is 7.63. The van der Waals surface area contributed by atoms with Crippen molar-refractivity contribution in [3.8, 4) is 0 Å². The zero-order valence-corrected chi connectivity index (χ0v) is 19.8. The molecular formula is C25H24N2O6S. The lowest BCUT2D eigenvalue weighted by Gasteiger charge is -2.14. The minimum atomic E-state index is -3.68. The molecule has 3 rings (SSSR count). The Morgan fingerprint density at radius 1 is 0.882 bits per heavy atom. The molecule has 0 aliphatic carbocycles. The van der Waals surface area contributed by atoms with E-state index in [0.29, 0.717) is 11.1 Å². The largest absolute Gasteiger partial charge is 0.452 e. The molecule has 0 spiro atoms. The molecule has 3 aromatic rings. The van der Waals surface area contributed by atoms with Crippen molar-refractivity contribution in [3.05, 3.63) is 95.1 Å². The predicted octanol–water partition coefficient (Wildman–Crippen LogP) is 3.27. The summed E-state index contributed by atoms with van der Waals surface area (Å²) in [6, 6.07) is 19.1. The maximum absolute atomic E-state index is 12.8. The van der Waals surface area contributed by atoms with Crippen LogP contribution in [0.4, 0.5) is 5.69 Å². The topological polar surface area (TPSA) is 110 Å². The van der Waals surface area contributed by atoms with E-state index < -0.39 is 28.5 Å². The number of rotatable bonds is 8. The zero-order chi connectivity index (χ0) is 24.9. The summed E-state index contributed by atoms with van der Waals surface area (Å²) in [6.45, 7) is 1.09. The Bertz CT molecular complexity index is 1330. The van der Waals surface area contributed by atoms with Crippen molar-refractivity contribution in [1.29, 1.82) is 0 Å². The van der Waals surface area contributed by atoms with E-state index in [1.165, 1.54) is 38.4 Å². The van der Waals surface area contributed by atoms with E-state index >= 15 is 0 Å². The average molecular weight is 481 g/mol. The van der Waals surface area contributed by atoms with E-state index in [-0.39, 0.29) is 27.5 Å². The van der Waals surface area contributed by atoms with Gasteiger partial charge < -0.3 is 10.1 Å². The smallest absolute Gasteiger partial charge is 0.339 e. The number of ketones is 1. The van der Waals surface area contributed by atoms with Crippen LogP contribution in [-0.2, 0) is 19.6 Å². The third kappa shape index (κ3) is 5.56. The lowest BCUT2D eigenvalue weighted by Crippen LogP contribution is -2.24. The van der Waals surface area contributed by atoms with E-state index in [4.69, 9.17) is 4.74 Å². The Balaban J connectivity index is 1.71. The summed E-state index contributed by atoms with van der Waals surface area (Å²) in [4.78, 5) is 37.9. The number of aryl methyl sites for hydroxylation is 1. The number of nitrogens with zero attached hydrogens (tertiary/aromatic N) is 1. The molecule has 0 heterocycles. The molecule has 3 aromatic carbocycles. The lowest BCUT2D eigenvalue weighted by atomic mass is 9.98. The van der Waals surface area contributed by atoms with Crippen LogP contribution >= 0.6 is 0 Å². The molecule has 0 fully saturated rings. The van der Waals surface area contributed by atoms with Gasteiger partial charge in [-0.15, -0.1) is 0 Å². The first-order valence-corrected chi connectivity index (χ1v) is 11.7. The number of carbonyl (C=O) groups excluding carboxylic acids is 3. The minimum Gasteiger partial charge on any atom is -0.452 e. The van der Waals surface area contributed by atoms with Crippen LogP contribution in [0.15, 0.2) is 77.7 Å². The fourth-order valence-electron chi connectivity index (χ4n) is 3.11. The molecule has 0 unspecified atom stereocenters. The Labute approximate surface area is 198 Å². The quantitative estimate of drug-likeness (QED) is 0.391. The predicted molar refractivity (Wildman–Crippen MR) is 127 cm³/mol. The van der Waals surface area contributed by atoms with E-state index in [9.17, 15) is 22.8 Å². The summed E-state index contributed by atoms with van der Waals surface area (Å²) < 4.78 is 30.9. The van der Waals surface area contributed by atoms with Crippen molar-refractivity contribution in [2.75, 3.05) is 26.0 Å². The SMILES string of the molecule is Cc1ccc(S(=O)(=O)N(C)C)cc1NC(=O)COC(=O)c1ccccc1C(=O)c1ccccc1. The maximum Gasteiger partial charge on any atom is 0.339 e. The number of amides is 1. The van der Waals surface area contributed by atoms with Crippen molar-refractivity contribution < 1.29 is 27.5 Å². The van der Waals surface area contributed by atoms with Gasteiger partial charge in [0.05, 0.1) is 10.5 Å². The molecule has 0 saturated carbocycles. The fourth-order valence-corrected chi connectivity index (χ4v) is 4.03. The highest BCUT2D eigenvalue weighted by Crippen LogP contribution is 2.22. The molecule has 0 atom stereocenters. The fraction of sp³-hybridized carbons (Fsp3) is 0.160. The molecule has 0 saturated heterocycles. The molecule has 1 N–H and O–H groups in total. The van der Waals surface area contributed by atoms with Crippen LogP contribution < -0.4 is 5.32 Å². The van der Waals surface area contributed by atoms with Gasteiger partial charge >= 0.3 is 5.97 Å². The Morgan fingerprint density at radius 2 is 1.50 bits per heavy atom. The van der Waals surface area contributed by atoms with Crippen molar-refractivity contribution in [2.24, 2.45) is 0 Å². The molecule has 34 heavy (non-hydrogen) atoms. The van der Waals surface area contributed by atoms with Crippen LogP contribution in [0.1, 0.15) is 31.8 Å². The summed E-state index contributed by atoms with van der Waals surface area (Å²) >= 11 is 0. The number of carbonyl (C=O) groups is 3. The Kier molecular flexibility index (Phi) is 7.60. The molecule has 0 radical (unpaired) electrons. The van der Waals surface area contributed by atoms with Gasteiger partial charge in [-0.2, -0.15) is 0 Å². The van der Waals surface area contributed by atoms with Gasteiger partial charge in [0.15, 0.2) is 12.4 Å². The number of hydrogen-bond acceptors (Lipinski definition) is 6. The number of benzene rings is 3. The zero-order valence-electron chi connectivity index (χ0n) is 18.9. The first-order valence-electron chi connectivity index (χ1n) is 10.3. The normalized spacial score (nSPS) is 11.2. The molecule has 8 nitrogen and oxygen atoms in total. The highest BCUT2D eigenvalue weighted by Gasteiger charge is 2.21. The molecule has 0 aromatic heterocycles. The monoisotopic (exact) mass is 480 g/mol. The van der Waals surface area contributed by atoms with Gasteiger partial charge in [0, 0.05) is 30.9 Å². The van der Waals surface area contributed by atoms with E-state index in [1.807, 2.05) is 0 Å². The van der Waals surface area contributed by atoms with Gasteiger partial charge in [-0.05, 0) is 30.7 Å². The van der Waals surface area contributed by atoms with Crippen molar-refractivity contribution in [3.63, 3.8) is 0 Å². The highest BCUT2D eigenvalue weighted by atomic mass is 32.2. The summed E-state index contributed by atoms with van der Waals surface area (Å²) in [5.74, 6) is -1.81. The van der Waals surface area contributed by atoms with Crippen molar-refractivity contribution in [2.45, 2.75) is 11.8 Å². The van der Waals surface area contributed by atoms with Crippen LogP contribution in [0.5, 0.6) is 0 Å². The highest BCUT2D eigenvalue weighted by molar-refractivity contribution is 7.89. The molecule has 1 amide bonds. The summed E-state index contributed by atoms with van der Waals surface area (Å²) in [5, 5.41) is 2.57. The van der Waals surface area contributed by atoms with Gasteiger partial charge in [0.2, 0.25) is 10.0 Å². The van der Waals surface area contributed by atoms with E-state index in [0.717, 1.165) is 4.31 Å². The van der Waals surface area contributed by atoms with Crippen LogP contribution in [0.3, 0.4) is 0 Å². The van der Waals surface area contributed by atoms with Gasteiger partial charge in [0.1, 0.15) is 0 Å². The molecule has 0 bridgehead atoms. The van der Waals surface area contributed by atoms with Gasteiger partial charge in [-0.1, -0.05) is 54.6 Å². The van der Waals surface area contributed by atoms with Crippen molar-refractivity contribution in [1.82, 2.24) is 4.31 Å². The number of anilines is 1. The van der Waals surface area contributed by atoms with Crippen LogP contribution in [-0.4, -0.2) is 51.1 Å². The molecule has 9 heteroatoms. The van der Waals surface area contributed by atoms with Crippen LogP contribution in [0.25, 0.3) is 0 Å². The second kappa shape index (κ2) is 10.4. The number of esters is 1. The summed E-state index contributed by atoms with van der Waals surface area (Å²) in [6.07, 6.45) is 0. The molecular weight excluding hydrogens is 456 g/mol.